The Morgan fingerprint density at radius 2 is 0.804 bits per heavy atom. The maximum absolute atomic E-state index is 15.5. The molecular formula is C78H75F9N6O4. The van der Waals surface area contributed by atoms with E-state index in [1.807, 2.05) is 84.9 Å². The van der Waals surface area contributed by atoms with Crippen molar-refractivity contribution in [3.63, 3.8) is 0 Å². The van der Waals surface area contributed by atoms with Gasteiger partial charge in [0.15, 0.2) is 0 Å². The van der Waals surface area contributed by atoms with Crippen LogP contribution < -0.4 is 16.0 Å². The summed E-state index contributed by atoms with van der Waals surface area (Å²) in [4.78, 5) is 65.3. The Morgan fingerprint density at radius 3 is 1.23 bits per heavy atom. The number of hydrogen-bond donors (Lipinski definition) is 3. The summed E-state index contributed by atoms with van der Waals surface area (Å²) >= 11 is 0. The number of nitrogens with one attached hydrogen (secondary N) is 3. The summed E-state index contributed by atoms with van der Waals surface area (Å²) in [5.74, 6) is -1.54. The molecule has 504 valence electrons. The average Bonchev–Trinajstić information content (AvgIpc) is 1.57. The van der Waals surface area contributed by atoms with Gasteiger partial charge in [-0.2, -0.15) is 39.5 Å². The van der Waals surface area contributed by atoms with Gasteiger partial charge < -0.3 is 30.7 Å². The van der Waals surface area contributed by atoms with Crippen molar-refractivity contribution in [2.24, 2.45) is 0 Å². The Labute approximate surface area is 558 Å². The third kappa shape index (κ3) is 14.4. The number of likely N-dealkylation sites (tertiary alicyclic amines) is 2. The molecule has 10 nitrogen and oxygen atoms in total. The van der Waals surface area contributed by atoms with Crippen LogP contribution in [-0.4, -0.2) is 115 Å². The number of carbonyl (C=O) groups is 4. The molecule has 2 aliphatic carbocycles. The Bertz CT molecular complexity index is 4050. The van der Waals surface area contributed by atoms with Crippen molar-refractivity contribution in [2.45, 2.75) is 106 Å². The lowest BCUT2D eigenvalue weighted by atomic mass is 9.73. The van der Waals surface area contributed by atoms with E-state index in [9.17, 15) is 49.1 Å². The van der Waals surface area contributed by atoms with Gasteiger partial charge in [0.25, 0.3) is 11.8 Å². The number of rotatable bonds is 22. The lowest BCUT2D eigenvalue weighted by molar-refractivity contribution is -0.141. The Kier molecular flexibility index (Phi) is 20.0. The molecule has 0 atom stereocenters. The van der Waals surface area contributed by atoms with Crippen LogP contribution in [0.3, 0.4) is 0 Å². The summed E-state index contributed by atoms with van der Waals surface area (Å²) in [6.45, 7) is 2.72. The molecule has 8 aromatic rings. The number of nitrogens with zero attached hydrogens (tertiary/aromatic N) is 3. The zero-order chi connectivity index (χ0) is 68.1. The zero-order valence-electron chi connectivity index (χ0n) is 53.4. The number of carbonyl (C=O) groups excluding carboxylic acids is 4. The van der Waals surface area contributed by atoms with E-state index < -0.39 is 52.9 Å². The van der Waals surface area contributed by atoms with Crippen LogP contribution in [0.4, 0.5) is 39.5 Å². The summed E-state index contributed by atoms with van der Waals surface area (Å²) < 4.78 is 122. The molecule has 0 bridgehead atoms. The van der Waals surface area contributed by atoms with E-state index >= 15 is 9.59 Å². The highest BCUT2D eigenvalue weighted by Gasteiger charge is 2.51. The van der Waals surface area contributed by atoms with Crippen LogP contribution in [0.2, 0.25) is 0 Å². The summed E-state index contributed by atoms with van der Waals surface area (Å²) in [5.41, 5.74) is 5.24. The number of amides is 4. The molecule has 2 fully saturated rings. The molecule has 19 heteroatoms. The summed E-state index contributed by atoms with van der Waals surface area (Å²) in [6.07, 6.45) is -7.83. The predicted octanol–water partition coefficient (Wildman–Crippen LogP) is 15.9. The first-order valence-corrected chi connectivity index (χ1v) is 33.3. The van der Waals surface area contributed by atoms with Gasteiger partial charge in [0.1, 0.15) is 17.4 Å². The number of unbranched alkanes of at least 4 members (excludes halogenated alkanes) is 2. The molecule has 0 radical (unpaired) electrons. The molecule has 3 N–H and O–H groups in total. The normalized spacial score (nSPS) is 16.2. The van der Waals surface area contributed by atoms with E-state index in [1.54, 1.807) is 65.6 Å². The van der Waals surface area contributed by atoms with E-state index in [-0.39, 0.29) is 49.3 Å². The van der Waals surface area contributed by atoms with E-state index in [0.717, 1.165) is 83.7 Å². The molecule has 2 aliphatic heterocycles. The van der Waals surface area contributed by atoms with Gasteiger partial charge in [-0.25, -0.2) is 0 Å². The monoisotopic (exact) mass is 1330 g/mol. The minimum atomic E-state index is -4.61. The Balaban J connectivity index is 0.719. The van der Waals surface area contributed by atoms with Gasteiger partial charge in [-0.1, -0.05) is 171 Å². The third-order valence-electron chi connectivity index (χ3n) is 20.1. The maximum atomic E-state index is 15.5. The van der Waals surface area contributed by atoms with Gasteiger partial charge in [0.05, 0.1) is 11.1 Å². The highest BCUT2D eigenvalue weighted by Crippen LogP contribution is 2.53. The Hall–Kier alpha value is -9.07. The number of alkyl halides is 9. The number of benzene rings is 8. The maximum Gasteiger partial charge on any atom is 0.416 e. The van der Waals surface area contributed by atoms with Crippen molar-refractivity contribution < 1.29 is 58.7 Å². The van der Waals surface area contributed by atoms with Crippen LogP contribution >= 0.6 is 0 Å². The molecule has 2 saturated heterocycles. The first-order valence-electron chi connectivity index (χ1n) is 33.3. The number of hydrogen-bond acceptors (Lipinski definition) is 6. The average molecular weight is 1330 g/mol. The molecule has 4 amide bonds. The van der Waals surface area contributed by atoms with Crippen molar-refractivity contribution >= 4 is 23.6 Å². The Morgan fingerprint density at radius 1 is 0.433 bits per heavy atom. The molecule has 97 heavy (non-hydrogen) atoms. The number of fused-ring (bicyclic) bond motifs is 6. The minimum Gasteiger partial charge on any atom is -0.353 e. The molecule has 8 aromatic carbocycles. The molecule has 0 spiro atoms. The van der Waals surface area contributed by atoms with E-state index in [4.69, 9.17) is 0 Å². The van der Waals surface area contributed by atoms with Crippen LogP contribution in [0, 0.1) is 0 Å². The molecule has 2 heterocycles. The second kappa shape index (κ2) is 28.6. The summed E-state index contributed by atoms with van der Waals surface area (Å²) in [7, 11) is 0. The molecule has 12 rings (SSSR count). The highest BCUT2D eigenvalue weighted by molar-refractivity contribution is 6.04. The van der Waals surface area contributed by atoms with Crippen LogP contribution in [-0.2, 0) is 32.8 Å². The van der Waals surface area contributed by atoms with Crippen molar-refractivity contribution in [3.05, 3.63) is 239 Å². The van der Waals surface area contributed by atoms with Gasteiger partial charge in [-0.3, -0.25) is 19.2 Å². The first-order chi connectivity index (χ1) is 46.6. The second-order valence-electron chi connectivity index (χ2n) is 25.9. The van der Waals surface area contributed by atoms with Crippen LogP contribution in [0.5, 0.6) is 0 Å². The third-order valence-corrected chi connectivity index (χ3v) is 20.1. The zero-order valence-corrected chi connectivity index (χ0v) is 53.4. The minimum absolute atomic E-state index is 0.0794. The number of piperidine rings is 2. The van der Waals surface area contributed by atoms with Gasteiger partial charge in [-0.05, 0) is 168 Å². The lowest BCUT2D eigenvalue weighted by Crippen LogP contribution is -2.51. The standard InChI is InChI=1S/C78H75F9N6O4/c79-76(80,81)51-89-73(97)75(68-27-11-7-21-62(68)63-22-8-12-28-69(63)75)42-14-16-45-92-48-39-57(40-49-92)93(71(95)65-24-4-2-18-59(65)53-31-35-55(36-32-53)78(85,86)87)50-43-88-72(96)74(66-25-9-5-19-60(66)61-20-6-10-26-67(61)74)41-13-15-44-91-46-37-56(38-47-91)90-70(94)64-23-3-1-17-58(64)52-29-33-54(34-30-52)77(82,83)84/h1-12,17-36,56-57H,13-16,37-51H2,(H,88,96)(H,89,97)(H,90,94). The molecule has 0 unspecified atom stereocenters. The fourth-order valence-electron chi connectivity index (χ4n) is 15.3. The van der Waals surface area contributed by atoms with Gasteiger partial charge in [0.2, 0.25) is 11.8 Å². The fourth-order valence-corrected chi connectivity index (χ4v) is 15.3. The van der Waals surface area contributed by atoms with E-state index in [2.05, 4.69) is 25.8 Å². The van der Waals surface area contributed by atoms with Gasteiger partial charge >= 0.3 is 18.5 Å². The summed E-state index contributed by atoms with van der Waals surface area (Å²) in [6, 6.07) is 53.4. The predicted molar refractivity (Wildman–Crippen MR) is 356 cm³/mol. The SMILES string of the molecule is O=C(NC1CCN(CCCCC2(C(=O)NCCN(C(=O)c3ccccc3-c3ccc(C(F)(F)F)cc3)C3CCN(CCCCC4(C(=O)NCC(F)(F)F)c5ccccc5-c5ccccc54)CC3)c3ccccc3-c3ccccc32)CC1)c1ccccc1-c1ccc(C(F)(F)F)cc1. The molecule has 0 saturated carbocycles. The van der Waals surface area contributed by atoms with E-state index in [0.29, 0.717) is 116 Å². The summed E-state index contributed by atoms with van der Waals surface area (Å²) in [5, 5.41) is 8.70. The highest BCUT2D eigenvalue weighted by atomic mass is 19.4. The molecule has 0 aromatic heterocycles. The van der Waals surface area contributed by atoms with Crippen LogP contribution in [0.15, 0.2) is 194 Å². The van der Waals surface area contributed by atoms with E-state index in [1.165, 1.54) is 24.3 Å². The fraction of sp³-hybridized carbons (Fsp3) is 0.333. The van der Waals surface area contributed by atoms with Crippen molar-refractivity contribution in [1.82, 2.24) is 30.7 Å². The van der Waals surface area contributed by atoms with Gasteiger partial charge in [-0.15, -0.1) is 0 Å². The van der Waals surface area contributed by atoms with Crippen molar-refractivity contribution in [2.75, 3.05) is 58.9 Å². The van der Waals surface area contributed by atoms with Crippen LogP contribution in [0.1, 0.15) is 118 Å². The largest absolute Gasteiger partial charge is 0.416 e. The molecule has 4 aliphatic rings. The first kappa shape index (κ1) is 67.9. The quantitative estimate of drug-likeness (QED) is 0.0460. The van der Waals surface area contributed by atoms with Crippen molar-refractivity contribution in [1.29, 1.82) is 0 Å². The molecular weight excluding hydrogens is 1260 g/mol. The van der Waals surface area contributed by atoms with Gasteiger partial charge in [0, 0.05) is 62.5 Å². The van der Waals surface area contributed by atoms with Crippen LogP contribution in [0.25, 0.3) is 44.5 Å². The number of halogens is 9. The topological polar surface area (TPSA) is 114 Å². The van der Waals surface area contributed by atoms with Crippen molar-refractivity contribution in [3.8, 4) is 44.5 Å². The second-order valence-corrected chi connectivity index (χ2v) is 25.9. The smallest absolute Gasteiger partial charge is 0.353 e. The lowest BCUT2D eigenvalue weighted by Gasteiger charge is -2.39.